The summed E-state index contributed by atoms with van der Waals surface area (Å²) < 4.78 is 2.67. The number of nitrogens with two attached hydrogens (primary N) is 1. The summed E-state index contributed by atoms with van der Waals surface area (Å²) in [6.07, 6.45) is 3.33. The third kappa shape index (κ3) is 3.08. The SMILES string of the molecule is Cn1cc(C(N)C(=O)Nc2cccc(I)c2)cn1. The second-order valence-electron chi connectivity index (χ2n) is 3.92. The summed E-state index contributed by atoms with van der Waals surface area (Å²) in [5.74, 6) is -0.245. The molecule has 1 aromatic carbocycles. The Labute approximate surface area is 119 Å². The minimum atomic E-state index is -0.712. The van der Waals surface area contributed by atoms with Crippen molar-refractivity contribution in [3.05, 3.63) is 45.8 Å². The number of benzene rings is 1. The van der Waals surface area contributed by atoms with Crippen molar-refractivity contribution in [3.8, 4) is 0 Å². The summed E-state index contributed by atoms with van der Waals surface area (Å²) in [5.41, 5.74) is 7.31. The molecule has 0 saturated heterocycles. The van der Waals surface area contributed by atoms with Crippen LogP contribution in [-0.4, -0.2) is 15.7 Å². The van der Waals surface area contributed by atoms with Crippen molar-refractivity contribution in [2.45, 2.75) is 6.04 Å². The zero-order chi connectivity index (χ0) is 13.1. The number of carbonyl (C=O) groups is 1. The first-order valence-electron chi connectivity index (χ1n) is 5.37. The molecule has 0 saturated carbocycles. The fraction of sp³-hybridized carbons (Fsp3) is 0.167. The van der Waals surface area contributed by atoms with Crippen LogP contribution >= 0.6 is 22.6 Å². The number of nitrogens with zero attached hydrogens (tertiary/aromatic N) is 2. The van der Waals surface area contributed by atoms with Crippen molar-refractivity contribution in [3.63, 3.8) is 0 Å². The Morgan fingerprint density at radius 3 is 2.94 bits per heavy atom. The maximum Gasteiger partial charge on any atom is 0.246 e. The molecule has 2 rings (SSSR count). The van der Waals surface area contributed by atoms with E-state index in [2.05, 4.69) is 33.0 Å². The zero-order valence-corrected chi connectivity index (χ0v) is 12.0. The number of hydrogen-bond acceptors (Lipinski definition) is 3. The Morgan fingerprint density at radius 2 is 2.33 bits per heavy atom. The zero-order valence-electron chi connectivity index (χ0n) is 9.80. The van der Waals surface area contributed by atoms with Crippen LogP contribution in [0.25, 0.3) is 0 Å². The van der Waals surface area contributed by atoms with Crippen LogP contribution in [0.15, 0.2) is 36.7 Å². The molecule has 0 radical (unpaired) electrons. The summed E-state index contributed by atoms with van der Waals surface area (Å²) in [5, 5.41) is 6.78. The highest BCUT2D eigenvalue weighted by Gasteiger charge is 2.17. The molecule has 0 aliphatic rings. The predicted molar refractivity (Wildman–Crippen MR) is 77.9 cm³/mol. The highest BCUT2D eigenvalue weighted by molar-refractivity contribution is 14.1. The number of aryl methyl sites for hydroxylation is 1. The highest BCUT2D eigenvalue weighted by Crippen LogP contribution is 2.15. The number of nitrogens with one attached hydrogen (secondary N) is 1. The second-order valence-corrected chi connectivity index (χ2v) is 5.17. The molecule has 1 atom stereocenters. The Kier molecular flexibility index (Phi) is 3.97. The minimum absolute atomic E-state index is 0.245. The molecule has 0 fully saturated rings. The van der Waals surface area contributed by atoms with E-state index in [9.17, 15) is 4.79 Å². The van der Waals surface area contributed by atoms with Gasteiger partial charge >= 0.3 is 0 Å². The molecule has 2 aromatic rings. The smallest absolute Gasteiger partial charge is 0.246 e. The fourth-order valence-electron chi connectivity index (χ4n) is 1.54. The molecule has 0 aliphatic heterocycles. The van der Waals surface area contributed by atoms with Crippen LogP contribution in [0.4, 0.5) is 5.69 Å². The highest BCUT2D eigenvalue weighted by atomic mass is 127. The molecule has 1 aromatic heterocycles. The molecule has 0 spiro atoms. The Morgan fingerprint density at radius 1 is 1.56 bits per heavy atom. The molecule has 1 amide bonds. The first-order chi connectivity index (χ1) is 8.56. The van der Waals surface area contributed by atoms with Crippen LogP contribution in [0.5, 0.6) is 0 Å². The topological polar surface area (TPSA) is 72.9 Å². The summed E-state index contributed by atoms with van der Waals surface area (Å²) in [7, 11) is 1.79. The van der Waals surface area contributed by atoms with E-state index in [1.807, 2.05) is 24.3 Å². The van der Waals surface area contributed by atoms with Gasteiger partial charge in [-0.25, -0.2) is 0 Å². The minimum Gasteiger partial charge on any atom is -0.324 e. The molecule has 18 heavy (non-hydrogen) atoms. The molecule has 0 bridgehead atoms. The number of anilines is 1. The van der Waals surface area contributed by atoms with Gasteiger partial charge in [0.2, 0.25) is 5.91 Å². The molecule has 6 heteroatoms. The number of halogens is 1. The van der Waals surface area contributed by atoms with Gasteiger partial charge in [-0.3, -0.25) is 9.48 Å². The van der Waals surface area contributed by atoms with Gasteiger partial charge in [0.25, 0.3) is 0 Å². The van der Waals surface area contributed by atoms with Crippen LogP contribution < -0.4 is 11.1 Å². The molecule has 1 unspecified atom stereocenters. The lowest BCUT2D eigenvalue weighted by Crippen LogP contribution is -2.27. The van der Waals surface area contributed by atoms with Crippen molar-refractivity contribution in [2.75, 3.05) is 5.32 Å². The lowest BCUT2D eigenvalue weighted by atomic mass is 10.1. The van der Waals surface area contributed by atoms with E-state index in [0.717, 1.165) is 9.26 Å². The van der Waals surface area contributed by atoms with Crippen molar-refractivity contribution >= 4 is 34.2 Å². The molecule has 94 valence electrons. The van der Waals surface area contributed by atoms with E-state index >= 15 is 0 Å². The summed E-state index contributed by atoms with van der Waals surface area (Å²) >= 11 is 2.19. The number of hydrogen-bond donors (Lipinski definition) is 2. The van der Waals surface area contributed by atoms with E-state index in [4.69, 9.17) is 5.73 Å². The van der Waals surface area contributed by atoms with Crippen molar-refractivity contribution in [1.82, 2.24) is 9.78 Å². The predicted octanol–water partition coefficient (Wildman–Crippen LogP) is 1.66. The van der Waals surface area contributed by atoms with E-state index in [1.165, 1.54) is 0 Å². The molecule has 3 N–H and O–H groups in total. The van der Waals surface area contributed by atoms with E-state index in [0.29, 0.717) is 5.56 Å². The quantitative estimate of drug-likeness (QED) is 0.822. The summed E-state index contributed by atoms with van der Waals surface area (Å²) in [6, 6.07) is 6.84. The molecule has 5 nitrogen and oxygen atoms in total. The average Bonchev–Trinajstić information content (AvgIpc) is 2.75. The number of carbonyl (C=O) groups excluding carboxylic acids is 1. The number of amides is 1. The molecular weight excluding hydrogens is 343 g/mol. The van der Waals surface area contributed by atoms with Crippen LogP contribution in [0, 0.1) is 3.57 Å². The normalized spacial score (nSPS) is 12.2. The summed E-state index contributed by atoms with van der Waals surface area (Å²) in [6.45, 7) is 0. The first kappa shape index (κ1) is 13.0. The standard InChI is InChI=1S/C12H13IN4O/c1-17-7-8(6-15-17)11(14)12(18)16-10-4-2-3-9(13)5-10/h2-7,11H,14H2,1H3,(H,16,18). The van der Waals surface area contributed by atoms with Crippen LogP contribution in [0.3, 0.4) is 0 Å². The fourth-order valence-corrected chi connectivity index (χ4v) is 2.08. The average molecular weight is 356 g/mol. The summed E-state index contributed by atoms with van der Waals surface area (Å²) in [4.78, 5) is 12.0. The van der Waals surface area contributed by atoms with Gasteiger partial charge in [-0.2, -0.15) is 5.10 Å². The van der Waals surface area contributed by atoms with Gasteiger partial charge in [-0.05, 0) is 40.8 Å². The maximum atomic E-state index is 12.0. The van der Waals surface area contributed by atoms with Gasteiger partial charge in [0.05, 0.1) is 6.20 Å². The maximum absolute atomic E-state index is 12.0. The first-order valence-corrected chi connectivity index (χ1v) is 6.44. The lowest BCUT2D eigenvalue weighted by molar-refractivity contribution is -0.117. The third-order valence-electron chi connectivity index (χ3n) is 2.46. The van der Waals surface area contributed by atoms with E-state index in [1.54, 1.807) is 24.1 Å². The van der Waals surface area contributed by atoms with E-state index in [-0.39, 0.29) is 5.91 Å². The van der Waals surface area contributed by atoms with E-state index < -0.39 is 6.04 Å². The lowest BCUT2D eigenvalue weighted by Gasteiger charge is -2.10. The number of aromatic nitrogens is 2. The van der Waals surface area contributed by atoms with Crippen LogP contribution in [0.2, 0.25) is 0 Å². The van der Waals surface area contributed by atoms with Gasteiger partial charge in [0.1, 0.15) is 6.04 Å². The van der Waals surface area contributed by atoms with Crippen molar-refractivity contribution in [1.29, 1.82) is 0 Å². The Balaban J connectivity index is 2.08. The molecule has 0 aliphatic carbocycles. The second kappa shape index (κ2) is 5.49. The molecular formula is C12H13IN4O. The largest absolute Gasteiger partial charge is 0.324 e. The Hall–Kier alpha value is -1.41. The van der Waals surface area contributed by atoms with Gasteiger partial charge in [0.15, 0.2) is 0 Å². The van der Waals surface area contributed by atoms with Crippen LogP contribution in [0.1, 0.15) is 11.6 Å². The third-order valence-corrected chi connectivity index (χ3v) is 3.13. The number of rotatable bonds is 3. The van der Waals surface area contributed by atoms with Gasteiger partial charge in [-0.1, -0.05) is 6.07 Å². The van der Waals surface area contributed by atoms with Crippen molar-refractivity contribution < 1.29 is 4.79 Å². The monoisotopic (exact) mass is 356 g/mol. The Bertz CT molecular complexity index is 567. The van der Waals surface area contributed by atoms with Crippen LogP contribution in [-0.2, 0) is 11.8 Å². The van der Waals surface area contributed by atoms with Gasteiger partial charge in [-0.15, -0.1) is 0 Å². The van der Waals surface area contributed by atoms with Gasteiger partial charge in [0, 0.05) is 28.1 Å². The van der Waals surface area contributed by atoms with Gasteiger partial charge < -0.3 is 11.1 Å². The molecule has 1 heterocycles. The van der Waals surface area contributed by atoms with Crippen molar-refractivity contribution in [2.24, 2.45) is 12.8 Å².